The number of hydrogen-bond acceptors (Lipinski definition) is 3. The fraction of sp³-hybridized carbons (Fsp3) is 0.929. The van der Waals surface area contributed by atoms with Crippen LogP contribution >= 0.6 is 0 Å². The summed E-state index contributed by atoms with van der Waals surface area (Å²) < 4.78 is 5.93. The third-order valence-corrected chi connectivity index (χ3v) is 5.00. The van der Waals surface area contributed by atoms with E-state index in [1.807, 2.05) is 11.8 Å². The molecular formula is C14H24N2O2. The number of amides is 1. The Labute approximate surface area is 109 Å². The molecule has 1 amide bonds. The monoisotopic (exact) mass is 252 g/mol. The topological polar surface area (TPSA) is 55.6 Å². The maximum Gasteiger partial charge on any atom is 0.242 e. The number of hydrogen-bond donors (Lipinski definition) is 1. The minimum absolute atomic E-state index is 0.137. The molecule has 3 rings (SSSR count). The zero-order valence-corrected chi connectivity index (χ0v) is 11.4. The Bertz CT molecular complexity index is 338. The Morgan fingerprint density at radius 3 is 2.39 bits per heavy atom. The second-order valence-electron chi connectivity index (χ2n) is 6.50. The molecule has 0 aromatic rings. The molecule has 102 valence electrons. The molecule has 5 atom stereocenters. The van der Waals surface area contributed by atoms with Crippen molar-refractivity contribution < 1.29 is 9.53 Å². The predicted molar refractivity (Wildman–Crippen MR) is 69.0 cm³/mol. The van der Waals surface area contributed by atoms with E-state index in [1.54, 1.807) is 0 Å². The summed E-state index contributed by atoms with van der Waals surface area (Å²) in [7, 11) is 0. The molecule has 0 aromatic heterocycles. The number of rotatable bonds is 3. The summed E-state index contributed by atoms with van der Waals surface area (Å²) in [6.07, 6.45) is 4.90. The largest absolute Gasteiger partial charge is 0.374 e. The average molecular weight is 252 g/mol. The normalized spacial score (nSPS) is 40.9. The summed E-state index contributed by atoms with van der Waals surface area (Å²) in [6.45, 7) is 5.67. The van der Waals surface area contributed by atoms with Crippen molar-refractivity contribution in [3.8, 4) is 0 Å². The molecular weight excluding hydrogens is 228 g/mol. The molecule has 0 saturated carbocycles. The minimum Gasteiger partial charge on any atom is -0.374 e. The Morgan fingerprint density at radius 1 is 1.33 bits per heavy atom. The first-order valence-electron chi connectivity index (χ1n) is 7.26. The third-order valence-electron chi connectivity index (χ3n) is 5.00. The molecule has 0 spiro atoms. The van der Waals surface area contributed by atoms with Crippen LogP contribution < -0.4 is 5.73 Å². The lowest BCUT2D eigenvalue weighted by Crippen LogP contribution is -2.53. The van der Waals surface area contributed by atoms with Crippen molar-refractivity contribution in [2.75, 3.05) is 13.1 Å². The summed E-state index contributed by atoms with van der Waals surface area (Å²) >= 11 is 0. The van der Waals surface area contributed by atoms with E-state index in [2.05, 4.69) is 6.92 Å². The van der Waals surface area contributed by atoms with Crippen molar-refractivity contribution in [2.45, 2.75) is 57.3 Å². The maximum absolute atomic E-state index is 12.5. The standard InChI is InChI=1S/C14H24N2O2/c1-3-6-14(2,15)13(17)16-7-9-10(8-16)12-5-4-11(9)18-12/h9-12H,3-8,15H2,1-2H3. The molecule has 4 heteroatoms. The van der Waals surface area contributed by atoms with Crippen LogP contribution in [0.15, 0.2) is 0 Å². The summed E-state index contributed by atoms with van der Waals surface area (Å²) in [6, 6.07) is 0. The summed E-state index contributed by atoms with van der Waals surface area (Å²) in [5, 5.41) is 0. The Morgan fingerprint density at radius 2 is 1.89 bits per heavy atom. The number of nitrogens with two attached hydrogens (primary N) is 1. The van der Waals surface area contributed by atoms with E-state index in [9.17, 15) is 4.79 Å². The fourth-order valence-electron chi connectivity index (χ4n) is 4.11. The van der Waals surface area contributed by atoms with Crippen LogP contribution in [-0.4, -0.2) is 41.6 Å². The Kier molecular flexibility index (Phi) is 2.90. The van der Waals surface area contributed by atoms with Gasteiger partial charge in [0.1, 0.15) is 0 Å². The highest BCUT2D eigenvalue weighted by Gasteiger charge is 2.54. The van der Waals surface area contributed by atoms with E-state index in [1.165, 1.54) is 12.8 Å². The van der Waals surface area contributed by atoms with Gasteiger partial charge in [0.25, 0.3) is 0 Å². The van der Waals surface area contributed by atoms with Crippen molar-refractivity contribution in [3.05, 3.63) is 0 Å². The van der Waals surface area contributed by atoms with Gasteiger partial charge in [-0.05, 0) is 26.2 Å². The van der Waals surface area contributed by atoms with Gasteiger partial charge in [0, 0.05) is 24.9 Å². The van der Waals surface area contributed by atoms with Crippen LogP contribution in [0.5, 0.6) is 0 Å². The second kappa shape index (κ2) is 4.20. The molecule has 3 heterocycles. The molecule has 3 aliphatic rings. The second-order valence-corrected chi connectivity index (χ2v) is 6.50. The van der Waals surface area contributed by atoms with E-state index in [-0.39, 0.29) is 5.91 Å². The Hall–Kier alpha value is -0.610. The molecule has 3 fully saturated rings. The predicted octanol–water partition coefficient (Wildman–Crippen LogP) is 1.14. The first kappa shape index (κ1) is 12.4. The van der Waals surface area contributed by atoms with Crippen molar-refractivity contribution in [1.29, 1.82) is 0 Å². The molecule has 0 radical (unpaired) electrons. The number of fused-ring (bicyclic) bond motifs is 5. The van der Waals surface area contributed by atoms with Crippen LogP contribution in [-0.2, 0) is 9.53 Å². The van der Waals surface area contributed by atoms with Gasteiger partial charge >= 0.3 is 0 Å². The summed E-state index contributed by atoms with van der Waals surface area (Å²) in [5.41, 5.74) is 5.48. The van der Waals surface area contributed by atoms with Gasteiger partial charge in [-0.3, -0.25) is 4.79 Å². The zero-order valence-electron chi connectivity index (χ0n) is 11.4. The van der Waals surface area contributed by atoms with Gasteiger partial charge in [-0.15, -0.1) is 0 Å². The van der Waals surface area contributed by atoms with Gasteiger partial charge in [0.15, 0.2) is 0 Å². The van der Waals surface area contributed by atoms with Crippen LogP contribution in [0, 0.1) is 11.8 Å². The van der Waals surface area contributed by atoms with Crippen LogP contribution in [0.4, 0.5) is 0 Å². The van der Waals surface area contributed by atoms with Gasteiger partial charge in [-0.1, -0.05) is 13.3 Å². The quantitative estimate of drug-likeness (QED) is 0.819. The molecule has 2 N–H and O–H groups in total. The van der Waals surface area contributed by atoms with E-state index in [0.717, 1.165) is 25.9 Å². The zero-order chi connectivity index (χ0) is 12.9. The molecule has 3 aliphatic heterocycles. The third kappa shape index (κ3) is 1.77. The SMILES string of the molecule is CCCC(C)(N)C(=O)N1CC2C3CCC(O3)C2C1. The number of likely N-dealkylation sites (tertiary alicyclic amines) is 1. The van der Waals surface area contributed by atoms with Gasteiger partial charge in [-0.2, -0.15) is 0 Å². The smallest absolute Gasteiger partial charge is 0.242 e. The van der Waals surface area contributed by atoms with Crippen LogP contribution in [0.2, 0.25) is 0 Å². The van der Waals surface area contributed by atoms with Crippen molar-refractivity contribution in [2.24, 2.45) is 17.6 Å². The van der Waals surface area contributed by atoms with E-state index in [0.29, 0.717) is 24.0 Å². The van der Waals surface area contributed by atoms with Crippen LogP contribution in [0.25, 0.3) is 0 Å². The molecule has 5 unspecified atom stereocenters. The Balaban J connectivity index is 1.68. The first-order valence-corrected chi connectivity index (χ1v) is 7.26. The van der Waals surface area contributed by atoms with Crippen LogP contribution in [0.1, 0.15) is 39.5 Å². The molecule has 0 aromatic carbocycles. The average Bonchev–Trinajstić information content (AvgIpc) is 2.99. The first-order chi connectivity index (χ1) is 8.53. The maximum atomic E-state index is 12.5. The highest BCUT2D eigenvalue weighted by molar-refractivity contribution is 5.86. The van der Waals surface area contributed by atoms with E-state index in [4.69, 9.17) is 10.5 Å². The molecule has 18 heavy (non-hydrogen) atoms. The number of ether oxygens (including phenoxy) is 1. The lowest BCUT2D eigenvalue weighted by atomic mass is 9.82. The van der Waals surface area contributed by atoms with Gasteiger partial charge < -0.3 is 15.4 Å². The van der Waals surface area contributed by atoms with Crippen LogP contribution in [0.3, 0.4) is 0 Å². The number of carbonyl (C=O) groups is 1. The lowest BCUT2D eigenvalue weighted by molar-refractivity contribution is -0.136. The molecule has 0 aliphatic carbocycles. The van der Waals surface area contributed by atoms with Gasteiger partial charge in [0.2, 0.25) is 5.91 Å². The number of carbonyl (C=O) groups excluding carboxylic acids is 1. The molecule has 4 nitrogen and oxygen atoms in total. The van der Waals surface area contributed by atoms with Gasteiger partial charge in [0.05, 0.1) is 17.7 Å². The summed E-state index contributed by atoms with van der Waals surface area (Å²) in [4.78, 5) is 14.5. The number of nitrogens with zero attached hydrogens (tertiary/aromatic N) is 1. The lowest BCUT2D eigenvalue weighted by Gasteiger charge is -2.29. The van der Waals surface area contributed by atoms with Gasteiger partial charge in [-0.25, -0.2) is 0 Å². The minimum atomic E-state index is -0.687. The summed E-state index contributed by atoms with van der Waals surface area (Å²) in [5.74, 6) is 1.29. The fourth-order valence-corrected chi connectivity index (χ4v) is 4.11. The molecule has 3 saturated heterocycles. The highest BCUT2D eigenvalue weighted by Crippen LogP contribution is 2.47. The van der Waals surface area contributed by atoms with Crippen molar-refractivity contribution in [3.63, 3.8) is 0 Å². The van der Waals surface area contributed by atoms with Crippen molar-refractivity contribution >= 4 is 5.91 Å². The van der Waals surface area contributed by atoms with E-state index < -0.39 is 5.54 Å². The molecule has 2 bridgehead atoms. The highest BCUT2D eigenvalue weighted by atomic mass is 16.5. The van der Waals surface area contributed by atoms with Crippen molar-refractivity contribution in [1.82, 2.24) is 4.90 Å². The van der Waals surface area contributed by atoms with E-state index >= 15 is 0 Å².